The summed E-state index contributed by atoms with van der Waals surface area (Å²) >= 11 is 0. The van der Waals surface area contributed by atoms with Crippen LogP contribution in [0.15, 0.2) is 54.6 Å². The number of esters is 1. The molecule has 1 spiro atoms. The van der Waals surface area contributed by atoms with Crippen molar-refractivity contribution < 1.29 is 24.5 Å². The lowest BCUT2D eigenvalue weighted by Gasteiger charge is -2.37. The summed E-state index contributed by atoms with van der Waals surface area (Å²) in [5.41, 5.74) is 1.79. The molecule has 29 heavy (non-hydrogen) atoms. The van der Waals surface area contributed by atoms with E-state index in [2.05, 4.69) is 5.32 Å². The van der Waals surface area contributed by atoms with E-state index in [0.717, 1.165) is 0 Å². The average Bonchev–Trinajstić information content (AvgIpc) is 2.98. The van der Waals surface area contributed by atoms with E-state index in [1.807, 2.05) is 12.1 Å². The third-order valence-electron chi connectivity index (χ3n) is 5.30. The van der Waals surface area contributed by atoms with Gasteiger partial charge in [-0.05, 0) is 37.4 Å². The van der Waals surface area contributed by atoms with E-state index in [-0.39, 0.29) is 23.9 Å². The number of ether oxygens (including phenoxy) is 2. The topological polar surface area (TPSA) is 88.0 Å². The molecule has 2 aliphatic heterocycles. The Bertz CT molecular complexity index is 1150. The van der Waals surface area contributed by atoms with Gasteiger partial charge in [-0.1, -0.05) is 18.2 Å². The fraction of sp³-hybridized carbons (Fsp3) is 0.136. The number of fused-ring (bicyclic) bond motifs is 6. The summed E-state index contributed by atoms with van der Waals surface area (Å²) in [6, 6.07) is 15.3. The summed E-state index contributed by atoms with van der Waals surface area (Å²) in [6.45, 7) is 0.356. The number of carbonyl (C=O) groups excluding carboxylic acids is 1. The van der Waals surface area contributed by atoms with Crippen molar-refractivity contribution in [1.82, 2.24) is 5.32 Å². The van der Waals surface area contributed by atoms with Crippen LogP contribution in [0.4, 0.5) is 0 Å². The van der Waals surface area contributed by atoms with E-state index < -0.39 is 11.6 Å². The normalized spacial score (nSPS) is 18.2. The Hall–Kier alpha value is -3.22. The first-order valence-corrected chi connectivity index (χ1v) is 8.90. The minimum Gasteiger partial charge on any atom is -0.508 e. The van der Waals surface area contributed by atoms with Crippen LogP contribution in [-0.4, -0.2) is 23.2 Å². The maximum Gasteiger partial charge on any atom is 0.340 e. The van der Waals surface area contributed by atoms with Gasteiger partial charge in [0.25, 0.3) is 0 Å². The van der Waals surface area contributed by atoms with Crippen LogP contribution in [0.5, 0.6) is 23.0 Å². The zero-order valence-electron chi connectivity index (χ0n) is 15.4. The van der Waals surface area contributed by atoms with Crippen molar-refractivity contribution in [3.63, 3.8) is 0 Å². The second-order valence-electron chi connectivity index (χ2n) is 6.87. The molecule has 3 aromatic rings. The van der Waals surface area contributed by atoms with Crippen molar-refractivity contribution in [3.8, 4) is 23.0 Å². The SMILES string of the molecule is CNCc1c(O)ccc2c1Oc1cc(O)ccc1C21OC(=O)c2ccccc21.Cl. The number of carbonyl (C=O) groups is 1. The third kappa shape index (κ3) is 2.50. The molecule has 0 saturated carbocycles. The Morgan fingerprint density at radius 3 is 2.55 bits per heavy atom. The van der Waals surface area contributed by atoms with Crippen LogP contribution in [0, 0.1) is 0 Å². The van der Waals surface area contributed by atoms with Gasteiger partial charge in [0, 0.05) is 29.3 Å². The highest BCUT2D eigenvalue weighted by molar-refractivity contribution is 5.97. The number of nitrogens with one attached hydrogen (secondary N) is 1. The van der Waals surface area contributed by atoms with Crippen molar-refractivity contribution in [2.24, 2.45) is 0 Å². The molecule has 7 heteroatoms. The number of aromatic hydroxyl groups is 2. The molecule has 1 atom stereocenters. The van der Waals surface area contributed by atoms with Crippen molar-refractivity contribution in [3.05, 3.63) is 82.4 Å². The van der Waals surface area contributed by atoms with Crippen molar-refractivity contribution in [2.75, 3.05) is 7.05 Å². The Labute approximate surface area is 173 Å². The molecule has 0 aromatic heterocycles. The van der Waals surface area contributed by atoms with Gasteiger partial charge in [0.05, 0.1) is 11.1 Å². The van der Waals surface area contributed by atoms with Crippen molar-refractivity contribution >= 4 is 18.4 Å². The molecular formula is C22H18ClNO5. The second kappa shape index (κ2) is 6.69. The van der Waals surface area contributed by atoms with E-state index in [4.69, 9.17) is 9.47 Å². The minimum absolute atomic E-state index is 0. The summed E-state index contributed by atoms with van der Waals surface area (Å²) < 4.78 is 12.1. The summed E-state index contributed by atoms with van der Waals surface area (Å²) in [4.78, 5) is 12.7. The van der Waals surface area contributed by atoms with Gasteiger partial charge < -0.3 is 25.0 Å². The quantitative estimate of drug-likeness (QED) is 0.556. The highest BCUT2D eigenvalue weighted by Gasteiger charge is 2.54. The van der Waals surface area contributed by atoms with Gasteiger partial charge in [-0.2, -0.15) is 0 Å². The lowest BCUT2D eigenvalue weighted by Crippen LogP contribution is -2.33. The molecule has 0 radical (unpaired) electrons. The molecular weight excluding hydrogens is 394 g/mol. The molecule has 0 fully saturated rings. The summed E-state index contributed by atoms with van der Waals surface area (Å²) in [6.07, 6.45) is 0. The number of benzene rings is 3. The van der Waals surface area contributed by atoms with Crippen LogP contribution >= 0.6 is 12.4 Å². The van der Waals surface area contributed by atoms with Crippen LogP contribution in [0.3, 0.4) is 0 Å². The molecule has 2 aliphatic rings. The fourth-order valence-electron chi connectivity index (χ4n) is 4.12. The van der Waals surface area contributed by atoms with Gasteiger partial charge in [0.15, 0.2) is 5.60 Å². The lowest BCUT2D eigenvalue weighted by atomic mass is 9.77. The Morgan fingerprint density at radius 1 is 1.00 bits per heavy atom. The molecule has 148 valence electrons. The molecule has 5 rings (SSSR count). The van der Waals surface area contributed by atoms with Crippen molar-refractivity contribution in [1.29, 1.82) is 0 Å². The van der Waals surface area contributed by atoms with Crippen molar-refractivity contribution in [2.45, 2.75) is 12.1 Å². The van der Waals surface area contributed by atoms with Crippen LogP contribution in [-0.2, 0) is 16.9 Å². The zero-order chi connectivity index (χ0) is 19.5. The lowest BCUT2D eigenvalue weighted by molar-refractivity contribution is 0.0223. The summed E-state index contributed by atoms with van der Waals surface area (Å²) in [5, 5.41) is 23.4. The predicted molar refractivity (Wildman–Crippen MR) is 108 cm³/mol. The van der Waals surface area contributed by atoms with E-state index >= 15 is 0 Å². The smallest absolute Gasteiger partial charge is 0.340 e. The van der Waals surface area contributed by atoms with Crippen LogP contribution < -0.4 is 10.1 Å². The Kier molecular flexibility index (Phi) is 4.41. The minimum atomic E-state index is -1.21. The second-order valence-corrected chi connectivity index (χ2v) is 6.87. The molecule has 3 aromatic carbocycles. The van der Waals surface area contributed by atoms with Gasteiger partial charge in [-0.15, -0.1) is 12.4 Å². The van der Waals surface area contributed by atoms with Crippen LogP contribution in [0.25, 0.3) is 0 Å². The first-order valence-electron chi connectivity index (χ1n) is 8.90. The molecule has 3 N–H and O–H groups in total. The molecule has 0 amide bonds. The van der Waals surface area contributed by atoms with E-state index in [0.29, 0.717) is 45.9 Å². The Balaban J connectivity index is 0.00000205. The van der Waals surface area contributed by atoms with Gasteiger partial charge in [0.2, 0.25) is 0 Å². The summed E-state index contributed by atoms with van der Waals surface area (Å²) in [7, 11) is 1.77. The number of phenolic OH excluding ortho intramolecular Hbond substituents is 2. The molecule has 2 heterocycles. The monoisotopic (exact) mass is 411 g/mol. The van der Waals surface area contributed by atoms with Gasteiger partial charge in [-0.3, -0.25) is 0 Å². The molecule has 0 aliphatic carbocycles. The zero-order valence-corrected chi connectivity index (χ0v) is 16.2. The van der Waals surface area contributed by atoms with Crippen LogP contribution in [0.2, 0.25) is 0 Å². The van der Waals surface area contributed by atoms with Gasteiger partial charge >= 0.3 is 5.97 Å². The van der Waals surface area contributed by atoms with Gasteiger partial charge in [0.1, 0.15) is 23.0 Å². The van der Waals surface area contributed by atoms with E-state index in [1.165, 1.54) is 6.07 Å². The Morgan fingerprint density at radius 2 is 1.76 bits per heavy atom. The van der Waals surface area contributed by atoms with Gasteiger partial charge in [-0.25, -0.2) is 4.79 Å². The van der Waals surface area contributed by atoms with E-state index in [9.17, 15) is 15.0 Å². The average molecular weight is 412 g/mol. The first kappa shape index (κ1) is 19.1. The fourth-order valence-corrected chi connectivity index (χ4v) is 4.12. The van der Waals surface area contributed by atoms with Crippen LogP contribution in [0.1, 0.15) is 32.6 Å². The molecule has 6 nitrogen and oxygen atoms in total. The highest BCUT2D eigenvalue weighted by Crippen LogP contribution is 2.57. The molecule has 1 unspecified atom stereocenters. The molecule has 0 saturated heterocycles. The number of hydrogen-bond donors (Lipinski definition) is 3. The third-order valence-corrected chi connectivity index (χ3v) is 5.30. The highest BCUT2D eigenvalue weighted by atomic mass is 35.5. The molecule has 0 bridgehead atoms. The number of phenols is 2. The first-order chi connectivity index (χ1) is 13.6. The summed E-state index contributed by atoms with van der Waals surface area (Å²) in [5.74, 6) is 0.470. The number of halogens is 1. The standard InChI is InChI=1S/C22H17NO5.ClH/c1-23-11-14-18(25)9-8-17-20(14)27-19-10-12(24)6-7-16(19)22(17)15-5-3-2-4-13(15)21(26)28-22;/h2-10,23-25H,11H2,1H3;1H. The number of hydrogen-bond acceptors (Lipinski definition) is 6. The van der Waals surface area contributed by atoms with E-state index in [1.54, 1.807) is 43.4 Å². The maximum absolute atomic E-state index is 12.7. The predicted octanol–water partition coefficient (Wildman–Crippen LogP) is 3.81. The maximum atomic E-state index is 12.7. The largest absolute Gasteiger partial charge is 0.508 e. The number of rotatable bonds is 2.